The molecule has 1 rings (SSSR count). The Morgan fingerprint density at radius 1 is 1.53 bits per heavy atom. The Balaban J connectivity index is 0.00000196. The number of ether oxygens (including phenoxy) is 1. The Hall–Kier alpha value is -0.450. The predicted octanol–water partition coefficient (Wildman–Crippen LogP) is 2.99. The van der Waals surface area contributed by atoms with Crippen LogP contribution >= 0.6 is 28.3 Å². The van der Waals surface area contributed by atoms with Gasteiger partial charge in [-0.1, -0.05) is 22.9 Å². The molecule has 0 aromatic heterocycles. The summed E-state index contributed by atoms with van der Waals surface area (Å²) in [6.07, 6.45) is 0.763. The van der Waals surface area contributed by atoms with E-state index in [1.54, 1.807) is 6.07 Å². The van der Waals surface area contributed by atoms with E-state index in [0.29, 0.717) is 11.3 Å². The summed E-state index contributed by atoms with van der Waals surface area (Å²) >= 11 is 3.36. The predicted molar refractivity (Wildman–Crippen MR) is 66.8 cm³/mol. The third-order valence-corrected chi connectivity index (χ3v) is 2.85. The zero-order chi connectivity index (χ0) is 10.7. The summed E-state index contributed by atoms with van der Waals surface area (Å²) in [7, 11) is 1.52. The Kier molecular flexibility index (Phi) is 6.02. The molecule has 0 unspecified atom stereocenters. The molecule has 1 atom stereocenters. The Morgan fingerprint density at radius 2 is 2.13 bits per heavy atom. The normalized spacial score (nSPS) is 11.7. The van der Waals surface area contributed by atoms with E-state index in [4.69, 9.17) is 10.5 Å². The number of benzene rings is 1. The fourth-order valence-corrected chi connectivity index (χ4v) is 1.90. The van der Waals surface area contributed by atoms with E-state index in [9.17, 15) is 5.11 Å². The number of phenols is 1. The van der Waals surface area contributed by atoms with Gasteiger partial charge < -0.3 is 15.6 Å². The van der Waals surface area contributed by atoms with Crippen molar-refractivity contribution >= 4 is 28.3 Å². The highest BCUT2D eigenvalue weighted by molar-refractivity contribution is 9.10. The van der Waals surface area contributed by atoms with Crippen molar-refractivity contribution in [2.75, 3.05) is 7.11 Å². The van der Waals surface area contributed by atoms with E-state index in [1.807, 2.05) is 13.0 Å². The van der Waals surface area contributed by atoms with E-state index in [2.05, 4.69) is 15.9 Å². The molecular formula is C10H15BrClNO2. The summed E-state index contributed by atoms with van der Waals surface area (Å²) in [5.74, 6) is 0.573. The molecule has 0 aliphatic heterocycles. The molecule has 0 fully saturated rings. The minimum atomic E-state index is -0.181. The van der Waals surface area contributed by atoms with Crippen LogP contribution in [0.3, 0.4) is 0 Å². The van der Waals surface area contributed by atoms with Crippen molar-refractivity contribution in [1.29, 1.82) is 0 Å². The van der Waals surface area contributed by atoms with Gasteiger partial charge in [-0.15, -0.1) is 12.4 Å². The molecule has 0 aliphatic carbocycles. The van der Waals surface area contributed by atoms with E-state index in [0.717, 1.165) is 10.9 Å². The third-order valence-electron chi connectivity index (χ3n) is 2.16. The Labute approximate surface area is 104 Å². The van der Waals surface area contributed by atoms with Gasteiger partial charge in [-0.3, -0.25) is 0 Å². The number of hydrogen-bond acceptors (Lipinski definition) is 3. The second kappa shape index (κ2) is 6.20. The maximum Gasteiger partial charge on any atom is 0.163 e. The summed E-state index contributed by atoms with van der Waals surface area (Å²) in [6, 6.07) is 3.34. The van der Waals surface area contributed by atoms with Gasteiger partial charge in [-0.25, -0.2) is 0 Å². The van der Waals surface area contributed by atoms with Crippen molar-refractivity contribution in [3.63, 3.8) is 0 Å². The quantitative estimate of drug-likeness (QED) is 0.901. The maximum absolute atomic E-state index is 9.84. The highest BCUT2D eigenvalue weighted by Crippen LogP contribution is 2.38. The first-order chi connectivity index (χ1) is 6.61. The van der Waals surface area contributed by atoms with E-state index < -0.39 is 0 Å². The van der Waals surface area contributed by atoms with Crippen LogP contribution in [-0.4, -0.2) is 12.2 Å². The first-order valence-electron chi connectivity index (χ1n) is 4.42. The van der Waals surface area contributed by atoms with Crippen LogP contribution in [0.15, 0.2) is 16.6 Å². The monoisotopic (exact) mass is 295 g/mol. The Bertz CT molecular complexity index is 333. The van der Waals surface area contributed by atoms with Crippen molar-refractivity contribution in [2.24, 2.45) is 5.73 Å². The van der Waals surface area contributed by atoms with Crippen molar-refractivity contribution in [2.45, 2.75) is 19.4 Å². The minimum absolute atomic E-state index is 0. The molecule has 5 heteroatoms. The molecule has 0 bridgehead atoms. The number of nitrogens with two attached hydrogens (primary N) is 1. The zero-order valence-corrected chi connectivity index (χ0v) is 11.1. The number of methoxy groups -OCH3 is 1. The molecule has 0 amide bonds. The van der Waals surface area contributed by atoms with Crippen LogP contribution in [0.2, 0.25) is 0 Å². The van der Waals surface area contributed by atoms with Crippen molar-refractivity contribution < 1.29 is 9.84 Å². The van der Waals surface area contributed by atoms with Gasteiger partial charge in [0, 0.05) is 16.1 Å². The van der Waals surface area contributed by atoms with E-state index in [-0.39, 0.29) is 24.2 Å². The summed E-state index contributed by atoms with van der Waals surface area (Å²) < 4.78 is 5.82. The van der Waals surface area contributed by atoms with Crippen LogP contribution in [0, 0.1) is 0 Å². The topological polar surface area (TPSA) is 55.5 Å². The SMILES string of the molecule is CC[C@@H](N)c1c(Br)ccc(OC)c1O.Cl. The number of rotatable bonds is 3. The van der Waals surface area contributed by atoms with Crippen LogP contribution in [0.25, 0.3) is 0 Å². The Morgan fingerprint density at radius 3 is 2.60 bits per heavy atom. The number of halogens is 2. The van der Waals surface area contributed by atoms with Crippen LogP contribution < -0.4 is 10.5 Å². The molecule has 1 aromatic carbocycles. The average Bonchev–Trinajstić information content (AvgIpc) is 2.18. The molecule has 0 radical (unpaired) electrons. The second-order valence-corrected chi connectivity index (χ2v) is 3.88. The molecule has 0 heterocycles. The summed E-state index contributed by atoms with van der Waals surface area (Å²) in [4.78, 5) is 0. The van der Waals surface area contributed by atoms with Crippen LogP contribution in [0.1, 0.15) is 24.9 Å². The van der Waals surface area contributed by atoms with Gasteiger partial charge in [-0.2, -0.15) is 0 Å². The smallest absolute Gasteiger partial charge is 0.163 e. The first-order valence-corrected chi connectivity index (χ1v) is 5.22. The molecule has 0 saturated heterocycles. The summed E-state index contributed by atoms with van der Waals surface area (Å²) in [5, 5.41) is 9.84. The maximum atomic E-state index is 9.84. The van der Waals surface area contributed by atoms with E-state index >= 15 is 0 Å². The fourth-order valence-electron chi connectivity index (χ4n) is 1.28. The molecule has 0 aliphatic rings. The summed E-state index contributed by atoms with van der Waals surface area (Å²) in [5.41, 5.74) is 6.57. The van der Waals surface area contributed by atoms with Crippen molar-refractivity contribution in [1.82, 2.24) is 0 Å². The summed E-state index contributed by atoms with van der Waals surface area (Å²) in [6.45, 7) is 1.97. The molecule has 1 aromatic rings. The van der Waals surface area contributed by atoms with Gasteiger partial charge in [0.05, 0.1) is 7.11 Å². The minimum Gasteiger partial charge on any atom is -0.504 e. The van der Waals surface area contributed by atoms with Gasteiger partial charge in [0.2, 0.25) is 0 Å². The molecule has 86 valence electrons. The highest BCUT2D eigenvalue weighted by atomic mass is 79.9. The zero-order valence-electron chi connectivity index (χ0n) is 8.66. The number of phenolic OH excluding ortho intramolecular Hbond substituents is 1. The van der Waals surface area contributed by atoms with Gasteiger partial charge in [0.25, 0.3) is 0 Å². The largest absolute Gasteiger partial charge is 0.504 e. The molecule has 0 saturated carbocycles. The van der Waals surface area contributed by atoms with Gasteiger partial charge >= 0.3 is 0 Å². The fraction of sp³-hybridized carbons (Fsp3) is 0.400. The van der Waals surface area contributed by atoms with Crippen molar-refractivity contribution in [3.05, 3.63) is 22.2 Å². The molecular weight excluding hydrogens is 281 g/mol. The molecule has 3 N–H and O–H groups in total. The second-order valence-electron chi connectivity index (χ2n) is 3.03. The lowest BCUT2D eigenvalue weighted by Crippen LogP contribution is -2.10. The lowest BCUT2D eigenvalue weighted by Gasteiger charge is -2.15. The molecule has 3 nitrogen and oxygen atoms in total. The highest BCUT2D eigenvalue weighted by Gasteiger charge is 2.16. The molecule has 15 heavy (non-hydrogen) atoms. The number of hydrogen-bond donors (Lipinski definition) is 2. The average molecular weight is 297 g/mol. The van der Waals surface area contributed by atoms with Gasteiger partial charge in [0.1, 0.15) is 0 Å². The lowest BCUT2D eigenvalue weighted by atomic mass is 10.0. The molecule has 0 spiro atoms. The lowest BCUT2D eigenvalue weighted by molar-refractivity contribution is 0.368. The first kappa shape index (κ1) is 14.6. The van der Waals surface area contributed by atoms with E-state index in [1.165, 1.54) is 7.11 Å². The van der Waals surface area contributed by atoms with Gasteiger partial charge in [-0.05, 0) is 18.6 Å². The number of aromatic hydroxyl groups is 1. The van der Waals surface area contributed by atoms with Crippen molar-refractivity contribution in [3.8, 4) is 11.5 Å². The van der Waals surface area contributed by atoms with Gasteiger partial charge in [0.15, 0.2) is 11.5 Å². The third kappa shape index (κ3) is 3.00. The van der Waals surface area contributed by atoms with Crippen LogP contribution in [-0.2, 0) is 0 Å². The van der Waals surface area contributed by atoms with Crippen LogP contribution in [0.4, 0.5) is 0 Å². The standard InChI is InChI=1S/C10H14BrNO2.ClH/c1-3-7(12)9-6(11)4-5-8(14-2)10(9)13;/h4-5,7,13H,3,12H2,1-2H3;1H/t7-;/m1./s1. The van der Waals surface area contributed by atoms with Crippen LogP contribution in [0.5, 0.6) is 11.5 Å².